The maximum Gasteiger partial charge on any atom is 0.167 e. The van der Waals surface area contributed by atoms with Crippen LogP contribution in [0.1, 0.15) is 32.3 Å². The zero-order valence-electron chi connectivity index (χ0n) is 9.72. The summed E-state index contributed by atoms with van der Waals surface area (Å²) in [4.78, 5) is 0. The zero-order chi connectivity index (χ0) is 11.3. The molecule has 0 heterocycles. The summed E-state index contributed by atoms with van der Waals surface area (Å²) in [7, 11) is 0. The first-order chi connectivity index (χ1) is 7.15. The van der Waals surface area contributed by atoms with E-state index >= 15 is 0 Å². The molecule has 1 nitrogen and oxygen atoms in total. The standard InChI is InChI=1S/C13H19FO/c1-4-6-10(2)9-15-12-8-5-7-11(3)13(12)14/h5,7-8,10H,4,6,9H2,1-3H3. The van der Waals surface area contributed by atoms with E-state index in [4.69, 9.17) is 4.74 Å². The largest absolute Gasteiger partial charge is 0.490 e. The molecule has 0 aliphatic heterocycles. The van der Waals surface area contributed by atoms with E-state index < -0.39 is 0 Å². The molecule has 1 rings (SSSR count). The maximum atomic E-state index is 13.5. The van der Waals surface area contributed by atoms with E-state index in [1.54, 1.807) is 19.1 Å². The van der Waals surface area contributed by atoms with Gasteiger partial charge in [-0.05, 0) is 30.9 Å². The van der Waals surface area contributed by atoms with Crippen LogP contribution in [-0.2, 0) is 0 Å². The highest BCUT2D eigenvalue weighted by atomic mass is 19.1. The van der Waals surface area contributed by atoms with E-state index in [-0.39, 0.29) is 5.82 Å². The van der Waals surface area contributed by atoms with Gasteiger partial charge in [0.2, 0.25) is 0 Å². The van der Waals surface area contributed by atoms with Crippen LogP contribution in [0.15, 0.2) is 18.2 Å². The van der Waals surface area contributed by atoms with Crippen molar-refractivity contribution in [3.05, 3.63) is 29.6 Å². The Balaban J connectivity index is 2.54. The molecule has 0 radical (unpaired) electrons. The van der Waals surface area contributed by atoms with Crippen LogP contribution in [0.25, 0.3) is 0 Å². The summed E-state index contributed by atoms with van der Waals surface area (Å²) < 4.78 is 19.0. The molecule has 1 aromatic carbocycles. The van der Waals surface area contributed by atoms with Crippen molar-refractivity contribution in [3.63, 3.8) is 0 Å². The zero-order valence-corrected chi connectivity index (χ0v) is 9.72. The molecule has 1 unspecified atom stereocenters. The third-order valence-corrected chi connectivity index (χ3v) is 2.46. The lowest BCUT2D eigenvalue weighted by Gasteiger charge is -2.13. The van der Waals surface area contributed by atoms with Crippen LogP contribution in [0.2, 0.25) is 0 Å². The third kappa shape index (κ3) is 3.54. The van der Waals surface area contributed by atoms with Gasteiger partial charge in [0.25, 0.3) is 0 Å². The van der Waals surface area contributed by atoms with Crippen LogP contribution in [0.5, 0.6) is 5.75 Å². The van der Waals surface area contributed by atoms with Gasteiger partial charge in [-0.2, -0.15) is 0 Å². The van der Waals surface area contributed by atoms with Crippen LogP contribution in [0.3, 0.4) is 0 Å². The first-order valence-electron chi connectivity index (χ1n) is 5.53. The highest BCUT2D eigenvalue weighted by Crippen LogP contribution is 2.20. The first-order valence-corrected chi connectivity index (χ1v) is 5.53. The third-order valence-electron chi connectivity index (χ3n) is 2.46. The number of halogens is 1. The van der Waals surface area contributed by atoms with Gasteiger partial charge in [0.05, 0.1) is 6.61 Å². The number of aryl methyl sites for hydroxylation is 1. The Morgan fingerprint density at radius 3 is 2.80 bits per heavy atom. The van der Waals surface area contributed by atoms with Crippen LogP contribution < -0.4 is 4.74 Å². The van der Waals surface area contributed by atoms with Gasteiger partial charge in [-0.1, -0.05) is 32.4 Å². The Kier molecular flexibility index (Phi) is 4.60. The van der Waals surface area contributed by atoms with Crippen molar-refractivity contribution in [1.82, 2.24) is 0 Å². The quantitative estimate of drug-likeness (QED) is 0.715. The van der Waals surface area contributed by atoms with Gasteiger partial charge in [0, 0.05) is 0 Å². The van der Waals surface area contributed by atoms with Gasteiger partial charge in [0.15, 0.2) is 11.6 Å². The van der Waals surface area contributed by atoms with Gasteiger partial charge in [-0.15, -0.1) is 0 Å². The van der Waals surface area contributed by atoms with Gasteiger partial charge < -0.3 is 4.74 Å². The normalized spacial score (nSPS) is 12.5. The summed E-state index contributed by atoms with van der Waals surface area (Å²) in [5, 5.41) is 0. The topological polar surface area (TPSA) is 9.23 Å². The number of rotatable bonds is 5. The van der Waals surface area contributed by atoms with E-state index in [9.17, 15) is 4.39 Å². The molecular formula is C13H19FO. The molecule has 0 saturated heterocycles. The van der Waals surface area contributed by atoms with Crippen LogP contribution in [0, 0.1) is 18.7 Å². The van der Waals surface area contributed by atoms with E-state index in [0.717, 1.165) is 12.8 Å². The van der Waals surface area contributed by atoms with Gasteiger partial charge in [0.1, 0.15) is 0 Å². The molecule has 0 amide bonds. The molecule has 0 N–H and O–H groups in total. The number of hydrogen-bond acceptors (Lipinski definition) is 1. The number of benzene rings is 1. The van der Waals surface area contributed by atoms with Crippen LogP contribution in [0.4, 0.5) is 4.39 Å². The molecule has 2 heteroatoms. The van der Waals surface area contributed by atoms with Crippen molar-refractivity contribution in [1.29, 1.82) is 0 Å². The lowest BCUT2D eigenvalue weighted by molar-refractivity contribution is 0.241. The first kappa shape index (κ1) is 12.0. The number of hydrogen-bond donors (Lipinski definition) is 0. The number of ether oxygens (including phenoxy) is 1. The Morgan fingerprint density at radius 2 is 2.13 bits per heavy atom. The second-order valence-electron chi connectivity index (χ2n) is 4.09. The van der Waals surface area contributed by atoms with Crippen LogP contribution in [-0.4, -0.2) is 6.61 Å². The predicted molar refractivity (Wildman–Crippen MR) is 60.7 cm³/mol. The molecule has 0 bridgehead atoms. The molecule has 15 heavy (non-hydrogen) atoms. The predicted octanol–water partition coefficient (Wildman–Crippen LogP) is 3.95. The lowest BCUT2D eigenvalue weighted by Crippen LogP contribution is -2.09. The van der Waals surface area contributed by atoms with E-state index in [1.807, 2.05) is 6.07 Å². The minimum atomic E-state index is -0.235. The molecule has 0 aliphatic carbocycles. The van der Waals surface area contributed by atoms with Crippen LogP contribution >= 0.6 is 0 Å². The Morgan fingerprint density at radius 1 is 1.40 bits per heavy atom. The van der Waals surface area contributed by atoms with Gasteiger partial charge in [-0.3, -0.25) is 0 Å². The highest BCUT2D eigenvalue weighted by molar-refractivity contribution is 5.29. The summed E-state index contributed by atoms with van der Waals surface area (Å²) in [6.07, 6.45) is 2.26. The minimum absolute atomic E-state index is 0.235. The minimum Gasteiger partial charge on any atom is -0.490 e. The molecule has 84 valence electrons. The molecular weight excluding hydrogens is 191 g/mol. The van der Waals surface area contributed by atoms with Crippen molar-refractivity contribution in [2.75, 3.05) is 6.61 Å². The monoisotopic (exact) mass is 210 g/mol. The second kappa shape index (κ2) is 5.74. The van der Waals surface area contributed by atoms with Gasteiger partial charge in [-0.25, -0.2) is 4.39 Å². The summed E-state index contributed by atoms with van der Waals surface area (Å²) in [5.41, 5.74) is 0.635. The maximum absolute atomic E-state index is 13.5. The van der Waals surface area contributed by atoms with E-state index in [2.05, 4.69) is 13.8 Å². The molecule has 0 saturated carbocycles. The molecule has 0 aromatic heterocycles. The summed E-state index contributed by atoms with van der Waals surface area (Å²) in [6.45, 7) is 6.60. The molecule has 0 fully saturated rings. The highest BCUT2D eigenvalue weighted by Gasteiger charge is 2.07. The van der Waals surface area contributed by atoms with Crippen molar-refractivity contribution in [3.8, 4) is 5.75 Å². The fraction of sp³-hybridized carbons (Fsp3) is 0.538. The smallest absolute Gasteiger partial charge is 0.167 e. The average Bonchev–Trinajstić information content (AvgIpc) is 2.21. The lowest BCUT2D eigenvalue weighted by atomic mass is 10.1. The molecule has 0 spiro atoms. The summed E-state index contributed by atoms with van der Waals surface area (Å²) in [6, 6.07) is 5.25. The SMILES string of the molecule is CCCC(C)COc1cccc(C)c1F. The fourth-order valence-corrected chi connectivity index (χ4v) is 1.54. The average molecular weight is 210 g/mol. The van der Waals surface area contributed by atoms with E-state index in [0.29, 0.717) is 23.8 Å². The Bertz CT molecular complexity index is 309. The van der Waals surface area contributed by atoms with Gasteiger partial charge >= 0.3 is 0 Å². The fourth-order valence-electron chi connectivity index (χ4n) is 1.54. The van der Waals surface area contributed by atoms with Crippen molar-refractivity contribution in [2.45, 2.75) is 33.6 Å². The Hall–Kier alpha value is -1.05. The molecule has 1 atom stereocenters. The molecule has 0 aliphatic rings. The van der Waals surface area contributed by atoms with E-state index in [1.165, 1.54) is 0 Å². The Labute approximate surface area is 91.3 Å². The second-order valence-corrected chi connectivity index (χ2v) is 4.09. The van der Waals surface area contributed by atoms with Crippen molar-refractivity contribution in [2.24, 2.45) is 5.92 Å². The van der Waals surface area contributed by atoms with Crippen molar-refractivity contribution >= 4 is 0 Å². The molecule has 1 aromatic rings. The summed E-state index contributed by atoms with van der Waals surface area (Å²) >= 11 is 0. The van der Waals surface area contributed by atoms with Crippen molar-refractivity contribution < 1.29 is 9.13 Å². The summed E-state index contributed by atoms with van der Waals surface area (Å²) in [5.74, 6) is 0.620.